The molecule has 0 unspecified atom stereocenters. The molecule has 24 heavy (non-hydrogen) atoms. The molecule has 0 aromatic heterocycles. The van der Waals surface area contributed by atoms with Gasteiger partial charge in [0.05, 0.1) is 0 Å². The van der Waals surface area contributed by atoms with Crippen molar-refractivity contribution >= 4 is 12.6 Å². The van der Waals surface area contributed by atoms with Crippen LogP contribution in [0.4, 0.5) is 0 Å². The fourth-order valence-corrected chi connectivity index (χ4v) is 3.82. The van der Waals surface area contributed by atoms with Gasteiger partial charge in [0.2, 0.25) is 0 Å². The number of hydrogen-bond donors (Lipinski definition) is 1. The molecule has 2 aromatic rings. The highest BCUT2D eigenvalue weighted by Gasteiger charge is 2.18. The van der Waals surface area contributed by atoms with Crippen molar-refractivity contribution in [1.82, 2.24) is 4.90 Å². The zero-order chi connectivity index (χ0) is 16.4. The third-order valence-electron chi connectivity index (χ3n) is 5.07. The van der Waals surface area contributed by atoms with E-state index < -0.39 is 0 Å². The van der Waals surface area contributed by atoms with Crippen LogP contribution in [0.3, 0.4) is 0 Å². The van der Waals surface area contributed by atoms with Crippen molar-refractivity contribution in [1.29, 1.82) is 0 Å². The lowest BCUT2D eigenvalue weighted by Gasteiger charge is -2.31. The van der Waals surface area contributed by atoms with E-state index in [1.54, 1.807) is 11.1 Å². The van der Waals surface area contributed by atoms with E-state index in [0.29, 0.717) is 0 Å². The van der Waals surface area contributed by atoms with Gasteiger partial charge in [-0.15, -0.1) is 12.6 Å². The highest BCUT2D eigenvalue weighted by atomic mass is 32.1. The standard InChI is InChI=1S/C22H23NS/c24-22-11-9-20(10-12-22)19-7-5-17(6-8-19)15-23-14-13-18-3-1-2-4-21(18)16-23/h2,4-12,24H,1,3,13-16H2. The second-order valence-electron chi connectivity index (χ2n) is 6.77. The summed E-state index contributed by atoms with van der Waals surface area (Å²) in [5.41, 5.74) is 7.17. The number of thiol groups is 1. The smallest absolute Gasteiger partial charge is 0.0237 e. The van der Waals surface area contributed by atoms with E-state index in [-0.39, 0.29) is 0 Å². The molecule has 122 valence electrons. The van der Waals surface area contributed by atoms with Crippen molar-refractivity contribution in [3.8, 4) is 11.1 Å². The van der Waals surface area contributed by atoms with Crippen molar-refractivity contribution in [3.63, 3.8) is 0 Å². The normalized spacial score (nSPS) is 17.9. The Morgan fingerprint density at radius 1 is 0.875 bits per heavy atom. The van der Waals surface area contributed by atoms with Gasteiger partial charge in [0, 0.05) is 24.5 Å². The first-order valence-electron chi connectivity index (χ1n) is 8.76. The Morgan fingerprint density at radius 2 is 1.58 bits per heavy atom. The van der Waals surface area contributed by atoms with Crippen LogP contribution < -0.4 is 0 Å². The number of rotatable bonds is 3. The van der Waals surface area contributed by atoms with Gasteiger partial charge in [0.1, 0.15) is 0 Å². The minimum atomic E-state index is 1.01. The average Bonchev–Trinajstić information content (AvgIpc) is 2.63. The van der Waals surface area contributed by atoms with Gasteiger partial charge in [-0.2, -0.15) is 0 Å². The predicted molar refractivity (Wildman–Crippen MR) is 104 cm³/mol. The van der Waals surface area contributed by atoms with Crippen LogP contribution in [0.25, 0.3) is 11.1 Å². The Labute approximate surface area is 150 Å². The number of hydrogen-bond acceptors (Lipinski definition) is 2. The van der Waals surface area contributed by atoms with Crippen LogP contribution in [0.1, 0.15) is 24.8 Å². The molecular weight excluding hydrogens is 310 g/mol. The lowest BCUT2D eigenvalue weighted by molar-refractivity contribution is 0.277. The van der Waals surface area contributed by atoms with E-state index in [1.165, 1.54) is 42.5 Å². The average molecular weight is 334 g/mol. The third kappa shape index (κ3) is 3.50. The fourth-order valence-electron chi connectivity index (χ4n) is 3.67. The molecule has 0 amide bonds. The van der Waals surface area contributed by atoms with Crippen molar-refractivity contribution in [2.24, 2.45) is 0 Å². The number of allylic oxidation sites excluding steroid dienone is 1. The highest BCUT2D eigenvalue weighted by Crippen LogP contribution is 2.28. The lowest BCUT2D eigenvalue weighted by atomic mass is 9.91. The van der Waals surface area contributed by atoms with Gasteiger partial charge in [0.15, 0.2) is 0 Å². The Balaban J connectivity index is 1.43. The highest BCUT2D eigenvalue weighted by molar-refractivity contribution is 7.80. The molecule has 0 N–H and O–H groups in total. The molecule has 0 bridgehead atoms. The third-order valence-corrected chi connectivity index (χ3v) is 5.37. The molecular formula is C22H23NS. The van der Waals surface area contributed by atoms with Gasteiger partial charge >= 0.3 is 0 Å². The van der Waals surface area contributed by atoms with Crippen molar-refractivity contribution in [2.45, 2.75) is 30.7 Å². The van der Waals surface area contributed by atoms with Gasteiger partial charge in [-0.3, -0.25) is 4.90 Å². The van der Waals surface area contributed by atoms with Crippen LogP contribution in [-0.2, 0) is 6.54 Å². The van der Waals surface area contributed by atoms with Gasteiger partial charge in [0.25, 0.3) is 0 Å². The molecule has 0 atom stereocenters. The van der Waals surface area contributed by atoms with Crippen LogP contribution in [0.2, 0.25) is 0 Å². The molecule has 1 aliphatic carbocycles. The molecule has 0 spiro atoms. The van der Waals surface area contributed by atoms with E-state index in [4.69, 9.17) is 0 Å². The Kier molecular flexibility index (Phi) is 4.59. The summed E-state index contributed by atoms with van der Waals surface area (Å²) in [5.74, 6) is 0. The first-order valence-corrected chi connectivity index (χ1v) is 9.21. The number of nitrogens with zero attached hydrogens (tertiary/aromatic N) is 1. The second kappa shape index (κ2) is 7.00. The topological polar surface area (TPSA) is 3.24 Å². The van der Waals surface area contributed by atoms with Gasteiger partial charge in [-0.05, 0) is 53.7 Å². The summed E-state index contributed by atoms with van der Waals surface area (Å²) < 4.78 is 0. The van der Waals surface area contributed by atoms with E-state index in [1.807, 2.05) is 12.1 Å². The van der Waals surface area contributed by atoms with Crippen molar-refractivity contribution in [3.05, 3.63) is 77.4 Å². The van der Waals surface area contributed by atoms with Crippen LogP contribution >= 0.6 is 12.6 Å². The van der Waals surface area contributed by atoms with Crippen LogP contribution in [0.5, 0.6) is 0 Å². The molecule has 0 fully saturated rings. The van der Waals surface area contributed by atoms with E-state index >= 15 is 0 Å². The molecule has 1 aliphatic heterocycles. The van der Waals surface area contributed by atoms with Crippen molar-refractivity contribution in [2.75, 3.05) is 13.1 Å². The van der Waals surface area contributed by atoms with E-state index in [0.717, 1.165) is 18.0 Å². The largest absolute Gasteiger partial charge is 0.295 e. The summed E-state index contributed by atoms with van der Waals surface area (Å²) in [5, 5.41) is 0. The molecule has 4 rings (SSSR count). The fraction of sp³-hybridized carbons (Fsp3) is 0.273. The lowest BCUT2D eigenvalue weighted by Crippen LogP contribution is -2.31. The minimum Gasteiger partial charge on any atom is -0.295 e. The molecule has 2 aromatic carbocycles. The molecule has 0 saturated carbocycles. The molecule has 2 heteroatoms. The molecule has 2 aliphatic rings. The molecule has 0 radical (unpaired) electrons. The van der Waals surface area contributed by atoms with Gasteiger partial charge in [-0.1, -0.05) is 54.1 Å². The first kappa shape index (κ1) is 15.7. The molecule has 1 heterocycles. The summed E-state index contributed by atoms with van der Waals surface area (Å²) in [6.07, 6.45) is 8.42. The quantitative estimate of drug-likeness (QED) is 0.726. The summed E-state index contributed by atoms with van der Waals surface area (Å²) >= 11 is 4.35. The Morgan fingerprint density at radius 3 is 2.33 bits per heavy atom. The SMILES string of the molecule is Sc1ccc(-c2ccc(CN3CCC4=C(C=CCC4)C3)cc2)cc1. The number of benzene rings is 2. The summed E-state index contributed by atoms with van der Waals surface area (Å²) in [6.45, 7) is 3.34. The van der Waals surface area contributed by atoms with Crippen LogP contribution in [0.15, 0.2) is 76.7 Å². The monoisotopic (exact) mass is 333 g/mol. The molecule has 1 nitrogen and oxygen atoms in total. The zero-order valence-electron chi connectivity index (χ0n) is 13.9. The van der Waals surface area contributed by atoms with Gasteiger partial charge in [-0.25, -0.2) is 0 Å². The van der Waals surface area contributed by atoms with Gasteiger partial charge < -0.3 is 0 Å². The van der Waals surface area contributed by atoms with Crippen LogP contribution in [0, 0.1) is 0 Å². The molecule has 0 saturated heterocycles. The predicted octanol–water partition coefficient (Wildman–Crippen LogP) is 5.49. The minimum absolute atomic E-state index is 1.01. The van der Waals surface area contributed by atoms with E-state index in [2.05, 4.69) is 66.1 Å². The van der Waals surface area contributed by atoms with E-state index in [9.17, 15) is 0 Å². The first-order chi connectivity index (χ1) is 11.8. The Hall–Kier alpha value is -1.77. The maximum atomic E-state index is 4.35. The maximum Gasteiger partial charge on any atom is 0.0237 e. The Bertz CT molecular complexity index is 769. The second-order valence-corrected chi connectivity index (χ2v) is 7.29. The summed E-state index contributed by atoms with van der Waals surface area (Å²) in [4.78, 5) is 3.57. The summed E-state index contributed by atoms with van der Waals surface area (Å²) in [6, 6.07) is 17.4. The van der Waals surface area contributed by atoms with Crippen LogP contribution in [-0.4, -0.2) is 18.0 Å². The maximum absolute atomic E-state index is 4.35. The van der Waals surface area contributed by atoms with Crippen molar-refractivity contribution < 1.29 is 0 Å². The zero-order valence-corrected chi connectivity index (χ0v) is 14.8. The summed E-state index contributed by atoms with van der Waals surface area (Å²) in [7, 11) is 0.